The van der Waals surface area contributed by atoms with Crippen LogP contribution in [0.1, 0.15) is 40.4 Å². The molecule has 1 atom stereocenters. The van der Waals surface area contributed by atoms with Crippen LogP contribution in [0.5, 0.6) is 0 Å². The van der Waals surface area contributed by atoms with Crippen molar-refractivity contribution in [2.75, 3.05) is 6.54 Å². The number of rotatable bonds is 1. The third-order valence-corrected chi connectivity index (χ3v) is 5.26. The van der Waals surface area contributed by atoms with E-state index in [4.69, 9.17) is 11.6 Å². The van der Waals surface area contributed by atoms with Crippen LogP contribution in [0.2, 0.25) is 5.02 Å². The summed E-state index contributed by atoms with van der Waals surface area (Å²) in [7, 11) is 0. The van der Waals surface area contributed by atoms with E-state index in [0.717, 1.165) is 11.3 Å². The summed E-state index contributed by atoms with van der Waals surface area (Å²) in [6.07, 6.45) is 2.47. The largest absolute Gasteiger partial charge is 0.334 e. The van der Waals surface area contributed by atoms with Gasteiger partial charge in [0.05, 0.1) is 22.1 Å². The van der Waals surface area contributed by atoms with Crippen LogP contribution in [-0.4, -0.2) is 32.3 Å². The number of aromatic nitrogens is 3. The molecule has 25 heavy (non-hydrogen) atoms. The Kier molecular flexibility index (Phi) is 3.72. The summed E-state index contributed by atoms with van der Waals surface area (Å²) in [5.74, 6) is -0.547. The van der Waals surface area contributed by atoms with Crippen LogP contribution in [0.25, 0.3) is 11.0 Å². The molecule has 1 amide bonds. The molecule has 0 unspecified atom stereocenters. The predicted molar refractivity (Wildman–Crippen MR) is 93.2 cm³/mol. The summed E-state index contributed by atoms with van der Waals surface area (Å²) < 4.78 is 13.8. The summed E-state index contributed by atoms with van der Waals surface area (Å²) in [5.41, 5.74) is 3.57. The molecule has 0 bridgehead atoms. The monoisotopic (exact) mass is 358 g/mol. The summed E-state index contributed by atoms with van der Waals surface area (Å²) >= 11 is 5.94. The van der Waals surface area contributed by atoms with Gasteiger partial charge in [-0.1, -0.05) is 17.7 Å². The second kappa shape index (κ2) is 5.81. The predicted octanol–water partition coefficient (Wildman–Crippen LogP) is 3.82. The lowest BCUT2D eigenvalue weighted by atomic mass is 9.98. The zero-order valence-electron chi connectivity index (χ0n) is 13.8. The third-order valence-electron chi connectivity index (χ3n) is 4.79. The lowest BCUT2D eigenvalue weighted by Gasteiger charge is -2.34. The highest BCUT2D eigenvalue weighted by molar-refractivity contribution is 6.32. The van der Waals surface area contributed by atoms with Crippen LogP contribution in [-0.2, 0) is 6.42 Å². The first-order valence-electron chi connectivity index (χ1n) is 8.06. The van der Waals surface area contributed by atoms with Gasteiger partial charge in [0.15, 0.2) is 5.82 Å². The Morgan fingerprint density at radius 2 is 2.28 bits per heavy atom. The molecule has 3 heterocycles. The molecule has 128 valence electrons. The number of halogens is 2. The number of carbonyl (C=O) groups excluding carboxylic acids is 1. The number of nitrogens with zero attached hydrogens (tertiary/aromatic N) is 3. The van der Waals surface area contributed by atoms with E-state index in [-0.39, 0.29) is 22.8 Å². The number of carbonyl (C=O) groups is 1. The standard InChI is InChI=1S/C18H16ClFN4O/c1-9-15(19)12(20)8-14-16(9)23-17(22-14)18(25)24-7-5-13-11(10(24)2)4-3-6-21-13/h3-4,6,8,10H,5,7H2,1-2H3,(H,22,23)/t10-/m1/s1. The summed E-state index contributed by atoms with van der Waals surface area (Å²) in [6.45, 7) is 4.23. The molecular weight excluding hydrogens is 343 g/mol. The second-order valence-corrected chi connectivity index (χ2v) is 6.62. The number of hydrogen-bond acceptors (Lipinski definition) is 3. The number of pyridine rings is 1. The van der Waals surface area contributed by atoms with E-state index in [1.54, 1.807) is 18.0 Å². The van der Waals surface area contributed by atoms with Crippen molar-refractivity contribution in [1.29, 1.82) is 0 Å². The number of amides is 1. The zero-order chi connectivity index (χ0) is 17.7. The quantitative estimate of drug-likeness (QED) is 0.719. The highest BCUT2D eigenvalue weighted by Gasteiger charge is 2.30. The Morgan fingerprint density at radius 3 is 3.08 bits per heavy atom. The lowest BCUT2D eigenvalue weighted by molar-refractivity contribution is 0.0665. The maximum atomic E-state index is 13.8. The topological polar surface area (TPSA) is 61.9 Å². The van der Waals surface area contributed by atoms with Crippen LogP contribution < -0.4 is 0 Å². The van der Waals surface area contributed by atoms with Crippen LogP contribution in [0.4, 0.5) is 4.39 Å². The van der Waals surface area contributed by atoms with Gasteiger partial charge in [-0.3, -0.25) is 9.78 Å². The van der Waals surface area contributed by atoms with Gasteiger partial charge in [0.25, 0.3) is 5.91 Å². The minimum absolute atomic E-state index is 0.0318. The molecule has 1 aliphatic rings. The fourth-order valence-electron chi connectivity index (χ4n) is 3.39. The van der Waals surface area contributed by atoms with Crippen LogP contribution >= 0.6 is 11.6 Å². The fourth-order valence-corrected chi connectivity index (χ4v) is 3.54. The number of imidazole rings is 1. The van der Waals surface area contributed by atoms with Crippen molar-refractivity contribution < 1.29 is 9.18 Å². The Hall–Kier alpha value is -2.47. The minimum Gasteiger partial charge on any atom is -0.334 e. The van der Waals surface area contributed by atoms with Crippen molar-refractivity contribution in [2.24, 2.45) is 0 Å². The number of H-pyrrole nitrogens is 1. The van der Waals surface area contributed by atoms with Gasteiger partial charge in [-0.25, -0.2) is 9.37 Å². The average molecular weight is 359 g/mol. The van der Waals surface area contributed by atoms with Gasteiger partial charge in [-0.2, -0.15) is 0 Å². The SMILES string of the molecule is Cc1c(Cl)c(F)cc2[nH]c(C(=O)N3CCc4ncccc4[C@H]3C)nc12. The molecule has 0 saturated heterocycles. The van der Waals surface area contributed by atoms with Gasteiger partial charge in [0.2, 0.25) is 0 Å². The van der Waals surface area contributed by atoms with Crippen molar-refractivity contribution in [1.82, 2.24) is 19.9 Å². The smallest absolute Gasteiger partial charge is 0.290 e. The van der Waals surface area contributed by atoms with E-state index >= 15 is 0 Å². The normalized spacial score (nSPS) is 17.0. The van der Waals surface area contributed by atoms with E-state index in [2.05, 4.69) is 15.0 Å². The molecule has 2 aromatic heterocycles. The molecule has 0 radical (unpaired) electrons. The Labute approximate surface area is 148 Å². The van der Waals surface area contributed by atoms with Crippen molar-refractivity contribution in [3.63, 3.8) is 0 Å². The molecule has 0 spiro atoms. The van der Waals surface area contributed by atoms with Crippen LogP contribution in [0.15, 0.2) is 24.4 Å². The Balaban J connectivity index is 1.72. The first-order valence-corrected chi connectivity index (χ1v) is 8.44. The lowest BCUT2D eigenvalue weighted by Crippen LogP contribution is -2.39. The minimum atomic E-state index is -0.527. The van der Waals surface area contributed by atoms with Crippen molar-refractivity contribution in [2.45, 2.75) is 26.3 Å². The Bertz CT molecular complexity index is 1000. The maximum absolute atomic E-state index is 13.8. The molecule has 4 rings (SSSR count). The summed E-state index contributed by atoms with van der Waals surface area (Å²) in [5, 5.41) is 0.0318. The summed E-state index contributed by atoms with van der Waals surface area (Å²) in [4.78, 5) is 26.4. The Morgan fingerprint density at radius 1 is 1.48 bits per heavy atom. The number of fused-ring (bicyclic) bond motifs is 2. The molecule has 0 aliphatic carbocycles. The van der Waals surface area contributed by atoms with Crippen molar-refractivity contribution in [3.8, 4) is 0 Å². The first kappa shape index (κ1) is 16.0. The number of nitrogens with one attached hydrogen (secondary N) is 1. The van der Waals surface area contributed by atoms with Gasteiger partial charge in [0.1, 0.15) is 5.82 Å². The molecule has 1 N–H and O–H groups in total. The van der Waals surface area contributed by atoms with E-state index in [1.165, 1.54) is 6.07 Å². The molecule has 1 aromatic carbocycles. The maximum Gasteiger partial charge on any atom is 0.290 e. The fraction of sp³-hybridized carbons (Fsp3) is 0.278. The second-order valence-electron chi connectivity index (χ2n) is 6.24. The van der Waals surface area contributed by atoms with Crippen molar-refractivity contribution >= 4 is 28.5 Å². The van der Waals surface area contributed by atoms with Crippen LogP contribution in [0, 0.1) is 12.7 Å². The highest BCUT2D eigenvalue weighted by Crippen LogP contribution is 2.30. The van der Waals surface area contributed by atoms with Crippen molar-refractivity contribution in [3.05, 3.63) is 57.9 Å². The molecule has 0 fully saturated rings. The summed E-state index contributed by atoms with van der Waals surface area (Å²) in [6, 6.07) is 5.04. The van der Waals surface area contributed by atoms with Gasteiger partial charge in [-0.05, 0) is 31.0 Å². The number of hydrogen-bond donors (Lipinski definition) is 1. The number of aryl methyl sites for hydroxylation is 1. The van der Waals surface area contributed by atoms with E-state index in [9.17, 15) is 9.18 Å². The van der Waals surface area contributed by atoms with Gasteiger partial charge >= 0.3 is 0 Å². The molecule has 0 saturated carbocycles. The zero-order valence-corrected chi connectivity index (χ0v) is 14.6. The van der Waals surface area contributed by atoms with Gasteiger partial charge in [0, 0.05) is 30.9 Å². The molecule has 5 nitrogen and oxygen atoms in total. The average Bonchev–Trinajstić information content (AvgIpc) is 3.04. The van der Waals surface area contributed by atoms with E-state index in [0.29, 0.717) is 29.6 Å². The van der Waals surface area contributed by atoms with E-state index < -0.39 is 5.82 Å². The third kappa shape index (κ3) is 2.48. The first-order chi connectivity index (χ1) is 12.0. The molecular formula is C18H16ClFN4O. The van der Waals surface area contributed by atoms with Gasteiger partial charge in [-0.15, -0.1) is 0 Å². The molecule has 3 aromatic rings. The number of aromatic amines is 1. The van der Waals surface area contributed by atoms with E-state index in [1.807, 2.05) is 19.1 Å². The van der Waals surface area contributed by atoms with Crippen LogP contribution in [0.3, 0.4) is 0 Å². The molecule has 1 aliphatic heterocycles. The highest BCUT2D eigenvalue weighted by atomic mass is 35.5. The van der Waals surface area contributed by atoms with Gasteiger partial charge < -0.3 is 9.88 Å². The number of benzene rings is 1. The molecule has 7 heteroatoms.